The number of amides is 1. The van der Waals surface area contributed by atoms with Crippen molar-refractivity contribution in [2.24, 2.45) is 0 Å². The van der Waals surface area contributed by atoms with E-state index in [9.17, 15) is 14.7 Å². The van der Waals surface area contributed by atoms with Gasteiger partial charge in [-0.3, -0.25) is 14.2 Å². The number of aromatic nitrogens is 5. The first-order valence-electron chi connectivity index (χ1n) is 12.4. The number of nitrogens with zero attached hydrogens (tertiary/aromatic N) is 6. The van der Waals surface area contributed by atoms with Crippen molar-refractivity contribution in [3.8, 4) is 16.8 Å². The second-order valence-corrected chi connectivity index (χ2v) is 9.67. The largest absolute Gasteiger partial charge is 0.438 e. The van der Waals surface area contributed by atoms with E-state index in [1.54, 1.807) is 16.5 Å². The minimum Gasteiger partial charge on any atom is -0.438 e. The minimum absolute atomic E-state index is 0.0785. The van der Waals surface area contributed by atoms with Gasteiger partial charge in [0.1, 0.15) is 11.7 Å². The molecule has 1 fully saturated rings. The molecule has 2 aromatic carbocycles. The normalized spacial score (nSPS) is 15.2. The lowest BCUT2D eigenvalue weighted by Crippen LogP contribution is -2.49. The van der Waals surface area contributed by atoms with Crippen molar-refractivity contribution < 1.29 is 14.3 Å². The van der Waals surface area contributed by atoms with Gasteiger partial charge in [0.15, 0.2) is 12.0 Å². The van der Waals surface area contributed by atoms with Crippen LogP contribution in [0.15, 0.2) is 82.7 Å². The Morgan fingerprint density at radius 2 is 1.74 bits per heavy atom. The van der Waals surface area contributed by atoms with Crippen LogP contribution in [-0.2, 0) is 6.54 Å². The molecule has 6 rings (SSSR count). The van der Waals surface area contributed by atoms with Crippen molar-refractivity contribution >= 4 is 16.9 Å². The molecule has 38 heavy (non-hydrogen) atoms. The fraction of sp³-hybridized carbons (Fsp3) is 0.250. The summed E-state index contributed by atoms with van der Waals surface area (Å²) in [6, 6.07) is 18.0. The summed E-state index contributed by atoms with van der Waals surface area (Å²) in [7, 11) is 0. The Morgan fingerprint density at radius 3 is 2.42 bits per heavy atom. The number of fused-ring (bicyclic) bond motifs is 1. The zero-order chi connectivity index (χ0) is 26.3. The number of carbonyl (C=O) groups is 1. The first-order valence-corrected chi connectivity index (χ1v) is 12.4. The van der Waals surface area contributed by atoms with E-state index in [2.05, 4.69) is 27.2 Å². The molecule has 0 spiro atoms. The molecule has 0 radical (unpaired) electrons. The fourth-order valence-electron chi connectivity index (χ4n) is 4.93. The fourth-order valence-corrected chi connectivity index (χ4v) is 4.93. The molecule has 1 N–H and O–H groups in total. The summed E-state index contributed by atoms with van der Waals surface area (Å²) in [5.74, 6) is -0.0282. The molecular weight excluding hydrogens is 484 g/mol. The number of oxazole rings is 1. The van der Waals surface area contributed by atoms with Crippen LogP contribution in [0.5, 0.6) is 0 Å². The van der Waals surface area contributed by atoms with Gasteiger partial charge in [-0.05, 0) is 43.0 Å². The molecule has 1 amide bonds. The molecule has 10 heteroatoms. The Labute approximate surface area is 217 Å². The Hall–Kier alpha value is -4.57. The van der Waals surface area contributed by atoms with E-state index in [1.165, 1.54) is 23.5 Å². The number of aryl methyl sites for hydroxylation is 1. The molecule has 1 aliphatic rings. The lowest BCUT2D eigenvalue weighted by Gasteiger charge is -2.38. The van der Waals surface area contributed by atoms with Crippen molar-refractivity contribution in [1.29, 1.82) is 0 Å². The van der Waals surface area contributed by atoms with Crippen molar-refractivity contribution in [1.82, 2.24) is 29.2 Å². The van der Waals surface area contributed by atoms with Crippen molar-refractivity contribution in [3.63, 3.8) is 0 Å². The smallest absolute Gasteiger partial charge is 0.291 e. The molecular formula is C28H26N6O4. The van der Waals surface area contributed by atoms with Gasteiger partial charge in [-0.1, -0.05) is 42.5 Å². The summed E-state index contributed by atoms with van der Waals surface area (Å²) in [5, 5.41) is 16.0. The molecule has 0 saturated carbocycles. The average Bonchev–Trinajstić information content (AvgIpc) is 3.57. The molecule has 3 aromatic heterocycles. The highest BCUT2D eigenvalue weighted by Crippen LogP contribution is 2.26. The summed E-state index contributed by atoms with van der Waals surface area (Å²) in [5.41, 5.74) is 2.57. The number of carbonyl (C=O) groups excluding carboxylic acids is 1. The number of hydrogen-bond acceptors (Lipinski definition) is 7. The summed E-state index contributed by atoms with van der Waals surface area (Å²) >= 11 is 0. The maximum Gasteiger partial charge on any atom is 0.291 e. The SMILES string of the molecule is Cc1ncoc1C(=O)N1CCC(O)(Cn2cnc3c(cnn3-c3ccc(-c4ccccc4)cc3)c2=O)CC1. The Kier molecular flexibility index (Phi) is 5.88. The van der Waals surface area contributed by atoms with Gasteiger partial charge in [-0.15, -0.1) is 0 Å². The Bertz CT molecular complexity index is 1660. The lowest BCUT2D eigenvalue weighted by atomic mass is 9.91. The van der Waals surface area contributed by atoms with Gasteiger partial charge in [0.25, 0.3) is 11.5 Å². The van der Waals surface area contributed by atoms with Gasteiger partial charge in [0.2, 0.25) is 5.76 Å². The van der Waals surface area contributed by atoms with E-state index in [0.717, 1.165) is 16.8 Å². The highest BCUT2D eigenvalue weighted by atomic mass is 16.3. The predicted molar refractivity (Wildman–Crippen MR) is 140 cm³/mol. The lowest BCUT2D eigenvalue weighted by molar-refractivity contribution is -0.0304. The van der Waals surface area contributed by atoms with Crippen molar-refractivity contribution in [2.45, 2.75) is 31.9 Å². The third-order valence-electron chi connectivity index (χ3n) is 7.16. The molecule has 0 aliphatic carbocycles. The summed E-state index contributed by atoms with van der Waals surface area (Å²) < 4.78 is 8.28. The highest BCUT2D eigenvalue weighted by Gasteiger charge is 2.36. The van der Waals surface area contributed by atoms with Gasteiger partial charge in [-0.2, -0.15) is 5.10 Å². The third-order valence-corrected chi connectivity index (χ3v) is 7.16. The van der Waals surface area contributed by atoms with E-state index in [0.29, 0.717) is 42.7 Å². The average molecular weight is 511 g/mol. The van der Waals surface area contributed by atoms with Crippen LogP contribution in [0.3, 0.4) is 0 Å². The van der Waals surface area contributed by atoms with Crippen LogP contribution in [0.1, 0.15) is 29.1 Å². The predicted octanol–water partition coefficient (Wildman–Crippen LogP) is 3.21. The number of piperidine rings is 1. The first-order chi connectivity index (χ1) is 18.4. The second-order valence-electron chi connectivity index (χ2n) is 9.67. The van der Waals surface area contributed by atoms with Crippen molar-refractivity contribution in [3.05, 3.63) is 95.3 Å². The Balaban J connectivity index is 1.19. The zero-order valence-electron chi connectivity index (χ0n) is 20.8. The van der Waals surface area contributed by atoms with Gasteiger partial charge < -0.3 is 14.4 Å². The molecule has 10 nitrogen and oxygen atoms in total. The van der Waals surface area contributed by atoms with Gasteiger partial charge >= 0.3 is 0 Å². The summed E-state index contributed by atoms with van der Waals surface area (Å²) in [4.78, 5) is 36.1. The van der Waals surface area contributed by atoms with Crippen LogP contribution in [0.25, 0.3) is 27.8 Å². The van der Waals surface area contributed by atoms with E-state index in [1.807, 2.05) is 42.5 Å². The van der Waals surface area contributed by atoms with E-state index in [4.69, 9.17) is 4.42 Å². The standard InChI is InChI=1S/C28H26N6O4/c1-19-24(38-18-30-19)27(36)32-13-11-28(37,12-14-32)16-33-17-29-25-23(26(33)35)15-31-34(25)22-9-7-21(8-10-22)20-5-3-2-4-6-20/h2-10,15,17-18,37H,11-14,16H2,1H3. The number of aliphatic hydroxyl groups is 1. The Morgan fingerprint density at radius 1 is 1.03 bits per heavy atom. The van der Waals surface area contributed by atoms with Crippen LogP contribution in [0.4, 0.5) is 0 Å². The maximum absolute atomic E-state index is 13.3. The van der Waals surface area contributed by atoms with E-state index < -0.39 is 5.60 Å². The number of hydrogen-bond donors (Lipinski definition) is 1. The number of benzene rings is 2. The number of rotatable bonds is 5. The van der Waals surface area contributed by atoms with Gasteiger partial charge in [0, 0.05) is 13.1 Å². The molecule has 0 unspecified atom stereocenters. The van der Waals surface area contributed by atoms with Crippen LogP contribution < -0.4 is 5.56 Å². The van der Waals surface area contributed by atoms with E-state index >= 15 is 0 Å². The molecule has 192 valence electrons. The summed E-state index contributed by atoms with van der Waals surface area (Å²) in [6.07, 6.45) is 4.86. The summed E-state index contributed by atoms with van der Waals surface area (Å²) in [6.45, 7) is 2.48. The van der Waals surface area contributed by atoms with E-state index in [-0.39, 0.29) is 23.8 Å². The monoisotopic (exact) mass is 510 g/mol. The molecule has 1 aliphatic heterocycles. The van der Waals surface area contributed by atoms with Crippen LogP contribution in [-0.4, -0.2) is 58.9 Å². The first kappa shape index (κ1) is 23.8. The van der Waals surface area contributed by atoms with Gasteiger partial charge in [0.05, 0.1) is 29.7 Å². The van der Waals surface area contributed by atoms with Crippen molar-refractivity contribution in [2.75, 3.05) is 13.1 Å². The molecule has 4 heterocycles. The molecule has 1 saturated heterocycles. The quantitative estimate of drug-likeness (QED) is 0.386. The van der Waals surface area contributed by atoms with Crippen LogP contribution in [0.2, 0.25) is 0 Å². The molecule has 0 bridgehead atoms. The number of likely N-dealkylation sites (tertiary alicyclic amines) is 1. The zero-order valence-corrected chi connectivity index (χ0v) is 20.8. The molecule has 0 atom stereocenters. The highest BCUT2D eigenvalue weighted by molar-refractivity contribution is 5.92. The maximum atomic E-state index is 13.3. The topological polar surface area (TPSA) is 119 Å². The van der Waals surface area contributed by atoms with Gasteiger partial charge in [-0.25, -0.2) is 14.6 Å². The minimum atomic E-state index is -1.14. The van der Waals surface area contributed by atoms with Crippen LogP contribution >= 0.6 is 0 Å². The third kappa shape index (κ3) is 4.28. The second kappa shape index (κ2) is 9.38. The molecule has 5 aromatic rings. The van der Waals surface area contributed by atoms with Crippen LogP contribution in [0, 0.1) is 6.92 Å².